The summed E-state index contributed by atoms with van der Waals surface area (Å²) in [6.07, 6.45) is 5.60. The van der Waals surface area contributed by atoms with Gasteiger partial charge in [0.25, 0.3) is 5.91 Å². The van der Waals surface area contributed by atoms with Crippen molar-refractivity contribution in [2.24, 2.45) is 0 Å². The van der Waals surface area contributed by atoms with Crippen molar-refractivity contribution in [3.05, 3.63) is 29.6 Å². The van der Waals surface area contributed by atoms with E-state index in [1.54, 1.807) is 12.1 Å². The van der Waals surface area contributed by atoms with E-state index < -0.39 is 0 Å². The van der Waals surface area contributed by atoms with Crippen LogP contribution in [0.5, 0.6) is 0 Å². The molecule has 1 aromatic heterocycles. The molecule has 0 saturated carbocycles. The van der Waals surface area contributed by atoms with E-state index >= 15 is 0 Å². The number of rotatable bonds is 3. The Morgan fingerprint density at radius 2 is 2.43 bits per heavy atom. The van der Waals surface area contributed by atoms with Crippen LogP contribution in [-0.2, 0) is 0 Å². The summed E-state index contributed by atoms with van der Waals surface area (Å²) in [7, 11) is 0. The fraction of sp³-hybridized carbons (Fsp3) is 0.273. The largest absolute Gasteiger partial charge is 0.350 e. The molecule has 0 aromatic carbocycles. The Hall–Kier alpha value is -1.82. The number of nitrogens with zero attached hydrogens (tertiary/aromatic N) is 1. The molecule has 0 atom stereocenters. The average molecular weight is 188 g/mol. The van der Waals surface area contributed by atoms with Crippen LogP contribution in [0.15, 0.2) is 18.2 Å². The van der Waals surface area contributed by atoms with Gasteiger partial charge in [-0.1, -0.05) is 6.07 Å². The van der Waals surface area contributed by atoms with Gasteiger partial charge in [-0.15, -0.1) is 12.3 Å². The number of carbonyl (C=O) groups excluding carboxylic acids is 1. The standard InChI is InChI=1S/C11H12N2O/c1-3-4-8-12-11(14)10-7-5-6-9(2)13-10/h1,5-7H,4,8H2,2H3,(H,12,14). The van der Waals surface area contributed by atoms with E-state index in [1.807, 2.05) is 13.0 Å². The molecule has 1 aromatic rings. The highest BCUT2D eigenvalue weighted by atomic mass is 16.1. The van der Waals surface area contributed by atoms with Crippen LogP contribution in [0.2, 0.25) is 0 Å². The maximum Gasteiger partial charge on any atom is 0.269 e. The Morgan fingerprint density at radius 3 is 3.07 bits per heavy atom. The van der Waals surface area contributed by atoms with E-state index in [9.17, 15) is 4.79 Å². The summed E-state index contributed by atoms with van der Waals surface area (Å²) in [6, 6.07) is 5.33. The van der Waals surface area contributed by atoms with Gasteiger partial charge in [0.1, 0.15) is 5.69 Å². The molecule has 14 heavy (non-hydrogen) atoms. The van der Waals surface area contributed by atoms with Crippen molar-refractivity contribution in [1.29, 1.82) is 0 Å². The van der Waals surface area contributed by atoms with Crippen LogP contribution in [0.4, 0.5) is 0 Å². The van der Waals surface area contributed by atoms with Crippen LogP contribution in [0.3, 0.4) is 0 Å². The summed E-state index contributed by atoms with van der Waals surface area (Å²) in [5.41, 5.74) is 1.26. The van der Waals surface area contributed by atoms with Gasteiger partial charge in [-0.2, -0.15) is 0 Å². The van der Waals surface area contributed by atoms with E-state index in [0.717, 1.165) is 5.69 Å². The summed E-state index contributed by atoms with van der Waals surface area (Å²) in [5.74, 6) is 2.27. The fourth-order valence-corrected chi connectivity index (χ4v) is 1.01. The summed E-state index contributed by atoms with van der Waals surface area (Å²) in [5, 5.41) is 2.68. The third kappa shape index (κ3) is 2.91. The van der Waals surface area contributed by atoms with Gasteiger partial charge in [-0.3, -0.25) is 4.79 Å². The molecule has 0 aliphatic heterocycles. The molecule has 0 spiro atoms. The number of amides is 1. The number of hydrogen-bond donors (Lipinski definition) is 1. The summed E-state index contributed by atoms with van der Waals surface area (Å²) in [6.45, 7) is 2.34. The maximum atomic E-state index is 11.4. The number of pyridine rings is 1. The highest BCUT2D eigenvalue weighted by Gasteiger charge is 2.04. The Morgan fingerprint density at radius 1 is 1.64 bits per heavy atom. The van der Waals surface area contributed by atoms with Crippen LogP contribution < -0.4 is 5.32 Å². The lowest BCUT2D eigenvalue weighted by Gasteiger charge is -2.02. The van der Waals surface area contributed by atoms with E-state index in [4.69, 9.17) is 6.42 Å². The van der Waals surface area contributed by atoms with Crippen LogP contribution in [0.1, 0.15) is 22.6 Å². The fourth-order valence-electron chi connectivity index (χ4n) is 1.01. The second-order valence-electron chi connectivity index (χ2n) is 2.87. The van der Waals surface area contributed by atoms with Gasteiger partial charge in [0.15, 0.2) is 0 Å². The Labute approximate surface area is 83.6 Å². The molecule has 0 fully saturated rings. The molecule has 0 saturated heterocycles. The average Bonchev–Trinajstić information content (AvgIpc) is 2.18. The molecule has 0 aliphatic rings. The molecular weight excluding hydrogens is 176 g/mol. The van der Waals surface area contributed by atoms with Crippen molar-refractivity contribution in [2.45, 2.75) is 13.3 Å². The quantitative estimate of drug-likeness (QED) is 0.571. The van der Waals surface area contributed by atoms with Crippen molar-refractivity contribution in [2.75, 3.05) is 6.54 Å². The predicted molar refractivity (Wildman–Crippen MR) is 54.8 cm³/mol. The second-order valence-corrected chi connectivity index (χ2v) is 2.87. The lowest BCUT2D eigenvalue weighted by atomic mass is 10.3. The van der Waals surface area contributed by atoms with Crippen molar-refractivity contribution in [1.82, 2.24) is 10.3 Å². The number of carbonyl (C=O) groups is 1. The van der Waals surface area contributed by atoms with Gasteiger partial charge in [-0.05, 0) is 19.1 Å². The SMILES string of the molecule is C#CCCNC(=O)c1cccc(C)n1. The zero-order valence-electron chi connectivity index (χ0n) is 8.08. The first kappa shape index (κ1) is 10.3. The number of aryl methyl sites for hydroxylation is 1. The lowest BCUT2D eigenvalue weighted by Crippen LogP contribution is -2.25. The molecule has 1 amide bonds. The second kappa shape index (κ2) is 5.03. The van der Waals surface area contributed by atoms with E-state index in [1.165, 1.54) is 0 Å². The van der Waals surface area contributed by atoms with Crippen molar-refractivity contribution in [3.8, 4) is 12.3 Å². The molecule has 0 radical (unpaired) electrons. The molecule has 0 bridgehead atoms. The molecule has 0 aliphatic carbocycles. The van der Waals surface area contributed by atoms with Crippen molar-refractivity contribution in [3.63, 3.8) is 0 Å². The molecule has 0 unspecified atom stereocenters. The molecular formula is C11H12N2O. The van der Waals surface area contributed by atoms with E-state index in [0.29, 0.717) is 18.7 Å². The van der Waals surface area contributed by atoms with Gasteiger partial charge < -0.3 is 5.32 Å². The number of aromatic nitrogens is 1. The Bertz CT molecular complexity index is 366. The third-order valence-corrected chi connectivity index (χ3v) is 1.68. The number of nitrogens with one attached hydrogen (secondary N) is 1. The predicted octanol–water partition coefficient (Wildman–Crippen LogP) is 1.14. The monoisotopic (exact) mass is 188 g/mol. The number of hydrogen-bond acceptors (Lipinski definition) is 2. The number of terminal acetylenes is 1. The highest BCUT2D eigenvalue weighted by Crippen LogP contribution is 1.97. The molecule has 1 N–H and O–H groups in total. The molecule has 72 valence electrons. The third-order valence-electron chi connectivity index (χ3n) is 1.68. The molecule has 1 rings (SSSR count). The first-order chi connectivity index (χ1) is 6.74. The summed E-state index contributed by atoms with van der Waals surface area (Å²) < 4.78 is 0. The minimum absolute atomic E-state index is 0.177. The van der Waals surface area contributed by atoms with Crippen LogP contribution in [0.25, 0.3) is 0 Å². The normalized spacial score (nSPS) is 9.14. The molecule has 3 nitrogen and oxygen atoms in total. The lowest BCUT2D eigenvalue weighted by molar-refractivity contribution is 0.0949. The van der Waals surface area contributed by atoms with E-state index in [2.05, 4.69) is 16.2 Å². The van der Waals surface area contributed by atoms with E-state index in [-0.39, 0.29) is 5.91 Å². The Balaban J connectivity index is 2.57. The Kier molecular flexibility index (Phi) is 3.69. The minimum atomic E-state index is -0.177. The smallest absolute Gasteiger partial charge is 0.269 e. The van der Waals surface area contributed by atoms with Crippen LogP contribution >= 0.6 is 0 Å². The van der Waals surface area contributed by atoms with Crippen molar-refractivity contribution < 1.29 is 4.79 Å². The van der Waals surface area contributed by atoms with Crippen LogP contribution in [-0.4, -0.2) is 17.4 Å². The summed E-state index contributed by atoms with van der Waals surface area (Å²) in [4.78, 5) is 15.5. The maximum absolute atomic E-state index is 11.4. The minimum Gasteiger partial charge on any atom is -0.350 e. The first-order valence-corrected chi connectivity index (χ1v) is 4.39. The molecule has 3 heteroatoms. The first-order valence-electron chi connectivity index (χ1n) is 4.39. The van der Waals surface area contributed by atoms with Gasteiger partial charge in [0.05, 0.1) is 0 Å². The molecule has 1 heterocycles. The van der Waals surface area contributed by atoms with Gasteiger partial charge >= 0.3 is 0 Å². The summed E-state index contributed by atoms with van der Waals surface area (Å²) >= 11 is 0. The topological polar surface area (TPSA) is 42.0 Å². The van der Waals surface area contributed by atoms with Gasteiger partial charge in [0, 0.05) is 18.7 Å². The zero-order valence-corrected chi connectivity index (χ0v) is 8.08. The highest BCUT2D eigenvalue weighted by molar-refractivity contribution is 5.92. The van der Waals surface area contributed by atoms with Crippen molar-refractivity contribution >= 4 is 5.91 Å². The van der Waals surface area contributed by atoms with Gasteiger partial charge in [0.2, 0.25) is 0 Å². The van der Waals surface area contributed by atoms with Gasteiger partial charge in [-0.25, -0.2) is 4.98 Å². The zero-order chi connectivity index (χ0) is 10.4. The van der Waals surface area contributed by atoms with Crippen LogP contribution in [0, 0.1) is 19.3 Å².